The lowest BCUT2D eigenvalue weighted by Crippen LogP contribution is -2.27. The molecule has 0 saturated heterocycles. The fraction of sp³-hybridized carbons (Fsp3) is 0.250. The van der Waals surface area contributed by atoms with E-state index in [2.05, 4.69) is 10.2 Å². The summed E-state index contributed by atoms with van der Waals surface area (Å²) in [4.78, 5) is 0. The van der Waals surface area contributed by atoms with Crippen LogP contribution in [0.15, 0.2) is 12.3 Å². The van der Waals surface area contributed by atoms with E-state index in [1.807, 2.05) is 32.1 Å². The second-order valence-corrected chi connectivity index (χ2v) is 1.95. The van der Waals surface area contributed by atoms with Gasteiger partial charge in [-0.2, -0.15) is 10.2 Å². The maximum atomic E-state index is 3.93. The molecule has 1 aromatic rings. The van der Waals surface area contributed by atoms with Gasteiger partial charge in [0.15, 0.2) is 0 Å². The van der Waals surface area contributed by atoms with Gasteiger partial charge in [-0.1, -0.05) is 12.2 Å². The van der Waals surface area contributed by atoms with Gasteiger partial charge in [-0.3, -0.25) is 0 Å². The van der Waals surface area contributed by atoms with E-state index in [9.17, 15) is 0 Å². The van der Waals surface area contributed by atoms with E-state index < -0.39 is 0 Å². The van der Waals surface area contributed by atoms with Crippen LogP contribution in [0.25, 0.3) is 12.2 Å². The van der Waals surface area contributed by atoms with Crippen molar-refractivity contribution in [3.8, 4) is 0 Å². The molecule has 2 heteroatoms. The van der Waals surface area contributed by atoms with E-state index in [0.29, 0.717) is 0 Å². The highest BCUT2D eigenvalue weighted by Crippen LogP contribution is 1.61. The van der Waals surface area contributed by atoms with E-state index in [1.54, 1.807) is 6.20 Å². The van der Waals surface area contributed by atoms with Crippen molar-refractivity contribution in [2.75, 3.05) is 0 Å². The molecule has 52 valence electrons. The van der Waals surface area contributed by atoms with Crippen LogP contribution in [0.2, 0.25) is 0 Å². The summed E-state index contributed by atoms with van der Waals surface area (Å²) in [5.74, 6) is 0. The van der Waals surface area contributed by atoms with Crippen molar-refractivity contribution in [3.05, 3.63) is 22.8 Å². The summed E-state index contributed by atoms with van der Waals surface area (Å²) in [5.41, 5.74) is 0. The van der Waals surface area contributed by atoms with Crippen LogP contribution in [0.5, 0.6) is 0 Å². The van der Waals surface area contributed by atoms with Crippen LogP contribution in [-0.2, 0) is 0 Å². The molecule has 0 N–H and O–H groups in total. The van der Waals surface area contributed by atoms with Crippen LogP contribution < -0.4 is 10.6 Å². The first-order valence-electron chi connectivity index (χ1n) is 3.29. The summed E-state index contributed by atoms with van der Waals surface area (Å²) in [5, 5.41) is 9.78. The average Bonchev–Trinajstić information content (AvgIpc) is 2.04. The Morgan fingerprint density at radius 2 is 2.10 bits per heavy atom. The Labute approximate surface area is 59.9 Å². The number of hydrogen-bond donors (Lipinski definition) is 0. The number of nitrogens with zero attached hydrogens (tertiary/aromatic N) is 2. The Balaban J connectivity index is 3.53. The summed E-state index contributed by atoms with van der Waals surface area (Å²) in [7, 11) is 0. The highest BCUT2D eigenvalue weighted by Gasteiger charge is 1.79. The van der Waals surface area contributed by atoms with E-state index in [0.717, 1.165) is 10.6 Å². The van der Waals surface area contributed by atoms with Gasteiger partial charge in [0.25, 0.3) is 0 Å². The smallest absolute Gasteiger partial charge is 0.0883 e. The lowest BCUT2D eigenvalue weighted by Gasteiger charge is -1.83. The maximum absolute atomic E-state index is 3.93. The van der Waals surface area contributed by atoms with Gasteiger partial charge in [0.05, 0.1) is 11.5 Å². The van der Waals surface area contributed by atoms with Crippen molar-refractivity contribution < 1.29 is 0 Å². The predicted molar refractivity (Wildman–Crippen MR) is 41.6 cm³/mol. The summed E-state index contributed by atoms with van der Waals surface area (Å²) in [6.45, 7) is 3.95. The molecule has 10 heavy (non-hydrogen) atoms. The molecule has 1 rings (SSSR count). The summed E-state index contributed by atoms with van der Waals surface area (Å²) in [6.07, 6.45) is 5.66. The van der Waals surface area contributed by atoms with Crippen molar-refractivity contribution in [3.63, 3.8) is 0 Å². The Morgan fingerprint density at radius 1 is 1.30 bits per heavy atom. The summed E-state index contributed by atoms with van der Waals surface area (Å²) < 4.78 is 0. The average molecular weight is 134 g/mol. The predicted octanol–water partition coefficient (Wildman–Crippen LogP) is 0.0774. The van der Waals surface area contributed by atoms with Gasteiger partial charge < -0.3 is 0 Å². The van der Waals surface area contributed by atoms with Gasteiger partial charge in [0, 0.05) is 0 Å². The molecule has 2 nitrogen and oxygen atoms in total. The van der Waals surface area contributed by atoms with Gasteiger partial charge in [0.1, 0.15) is 0 Å². The molecule has 0 bridgehead atoms. The van der Waals surface area contributed by atoms with Crippen molar-refractivity contribution >= 4 is 12.2 Å². The fourth-order valence-electron chi connectivity index (χ4n) is 0.821. The SMILES string of the molecule is C/C=c1/ccnn/c1=C/C. The molecule has 1 heterocycles. The molecule has 0 aromatic carbocycles. The molecular weight excluding hydrogens is 124 g/mol. The Hall–Kier alpha value is -1.18. The van der Waals surface area contributed by atoms with Crippen LogP contribution in [0.1, 0.15) is 13.8 Å². The number of rotatable bonds is 0. The van der Waals surface area contributed by atoms with Crippen molar-refractivity contribution in [1.29, 1.82) is 0 Å². The van der Waals surface area contributed by atoms with Crippen LogP contribution in [0.4, 0.5) is 0 Å². The zero-order valence-electron chi connectivity index (χ0n) is 6.20. The molecule has 0 spiro atoms. The molecule has 1 aromatic heterocycles. The zero-order chi connectivity index (χ0) is 7.40. The summed E-state index contributed by atoms with van der Waals surface area (Å²) in [6, 6.07) is 1.95. The minimum atomic E-state index is 0.949. The number of aromatic nitrogens is 2. The van der Waals surface area contributed by atoms with Gasteiger partial charge in [-0.25, -0.2) is 0 Å². The van der Waals surface area contributed by atoms with Gasteiger partial charge >= 0.3 is 0 Å². The quantitative estimate of drug-likeness (QED) is 0.502. The topological polar surface area (TPSA) is 25.8 Å². The van der Waals surface area contributed by atoms with Gasteiger partial charge in [-0.05, 0) is 25.1 Å². The van der Waals surface area contributed by atoms with E-state index in [4.69, 9.17) is 0 Å². The highest BCUT2D eigenvalue weighted by atomic mass is 15.1. The molecule has 0 aliphatic heterocycles. The standard InChI is InChI=1S/C8H10N2/c1-3-7-5-6-9-10-8(7)4-2/h3-6H,1-2H3/b7-3-,8-4+. The van der Waals surface area contributed by atoms with Crippen molar-refractivity contribution in [2.24, 2.45) is 0 Å². The zero-order valence-corrected chi connectivity index (χ0v) is 6.20. The minimum Gasteiger partial charge on any atom is -0.159 e. The van der Waals surface area contributed by atoms with Gasteiger partial charge in [0.2, 0.25) is 0 Å². The van der Waals surface area contributed by atoms with Crippen molar-refractivity contribution in [2.45, 2.75) is 13.8 Å². The Kier molecular flexibility index (Phi) is 2.15. The van der Waals surface area contributed by atoms with Crippen LogP contribution in [0, 0.1) is 0 Å². The Morgan fingerprint density at radius 3 is 2.60 bits per heavy atom. The molecule has 0 fully saturated rings. The molecule has 0 aliphatic rings. The van der Waals surface area contributed by atoms with Crippen molar-refractivity contribution in [1.82, 2.24) is 10.2 Å². The van der Waals surface area contributed by atoms with E-state index in [1.165, 1.54) is 0 Å². The van der Waals surface area contributed by atoms with E-state index >= 15 is 0 Å². The van der Waals surface area contributed by atoms with E-state index in [-0.39, 0.29) is 0 Å². The highest BCUT2D eigenvalue weighted by molar-refractivity contribution is 5.23. The van der Waals surface area contributed by atoms with Crippen LogP contribution in [-0.4, -0.2) is 10.2 Å². The minimum absolute atomic E-state index is 0.949. The second kappa shape index (κ2) is 3.11. The summed E-state index contributed by atoms with van der Waals surface area (Å²) >= 11 is 0. The molecule has 0 radical (unpaired) electrons. The molecular formula is C8H10N2. The first-order valence-corrected chi connectivity index (χ1v) is 3.29. The second-order valence-electron chi connectivity index (χ2n) is 1.95. The Bertz CT molecular complexity index is 281. The molecule has 0 saturated carbocycles. The lowest BCUT2D eigenvalue weighted by atomic mass is 10.3. The monoisotopic (exact) mass is 134 g/mol. The first kappa shape index (κ1) is 6.93. The fourth-order valence-corrected chi connectivity index (χ4v) is 0.821. The normalized spacial score (nSPS) is 14.2. The third kappa shape index (κ3) is 1.21. The van der Waals surface area contributed by atoms with Crippen LogP contribution in [0.3, 0.4) is 0 Å². The van der Waals surface area contributed by atoms with Gasteiger partial charge in [-0.15, -0.1) is 0 Å². The molecule has 0 unspecified atom stereocenters. The largest absolute Gasteiger partial charge is 0.159 e. The molecule has 0 aliphatic carbocycles. The third-order valence-electron chi connectivity index (χ3n) is 1.37. The van der Waals surface area contributed by atoms with Crippen LogP contribution >= 0.6 is 0 Å². The molecule has 0 amide bonds. The maximum Gasteiger partial charge on any atom is 0.0883 e. The molecule has 0 atom stereocenters. The lowest BCUT2D eigenvalue weighted by molar-refractivity contribution is 0.980. The number of hydrogen-bond acceptors (Lipinski definition) is 2. The first-order chi connectivity index (χ1) is 4.88. The third-order valence-corrected chi connectivity index (χ3v) is 1.37.